The number of hydrogen-bond acceptors (Lipinski definition) is 5. The number of H-pyrrole nitrogens is 1. The highest BCUT2D eigenvalue weighted by molar-refractivity contribution is 5.08. The van der Waals surface area contributed by atoms with E-state index in [2.05, 4.69) is 10.0 Å². The Morgan fingerprint density at radius 2 is 2.39 bits per heavy atom. The predicted molar refractivity (Wildman–Crippen MR) is 59.5 cm³/mol. The van der Waals surface area contributed by atoms with Crippen molar-refractivity contribution in [2.45, 2.75) is 12.3 Å². The SMILES string of the molecule is [N-]=[N+]=NCC1=C[C@H](O)[C@H](n2ccc(=O)[nH]c2=O)O1. The van der Waals surface area contributed by atoms with Crippen molar-refractivity contribution in [2.24, 2.45) is 5.11 Å². The van der Waals surface area contributed by atoms with E-state index >= 15 is 0 Å². The van der Waals surface area contributed by atoms with Crippen LogP contribution in [0.25, 0.3) is 10.4 Å². The van der Waals surface area contributed by atoms with Crippen LogP contribution in [0.3, 0.4) is 0 Å². The number of aromatic amines is 1. The Balaban J connectivity index is 2.24. The fourth-order valence-corrected chi connectivity index (χ4v) is 1.58. The molecule has 0 bridgehead atoms. The average molecular weight is 251 g/mol. The predicted octanol–water partition coefficient (Wildman–Crippen LogP) is -0.379. The second kappa shape index (κ2) is 4.78. The topological polar surface area (TPSA) is 133 Å². The van der Waals surface area contributed by atoms with Crippen LogP contribution in [0.5, 0.6) is 0 Å². The molecule has 2 N–H and O–H groups in total. The molecule has 0 saturated carbocycles. The lowest BCUT2D eigenvalue weighted by molar-refractivity contribution is -0.00317. The summed E-state index contributed by atoms with van der Waals surface area (Å²) in [5.41, 5.74) is 6.94. The van der Waals surface area contributed by atoms with Crippen LogP contribution in [-0.2, 0) is 4.74 Å². The van der Waals surface area contributed by atoms with Crippen LogP contribution in [0.1, 0.15) is 6.23 Å². The lowest BCUT2D eigenvalue weighted by Crippen LogP contribution is -2.35. The van der Waals surface area contributed by atoms with E-state index in [-0.39, 0.29) is 12.3 Å². The number of ether oxygens (including phenoxy) is 1. The third-order valence-corrected chi connectivity index (χ3v) is 2.34. The molecule has 9 nitrogen and oxygen atoms in total. The summed E-state index contributed by atoms with van der Waals surface area (Å²) in [6.07, 6.45) is 0.534. The van der Waals surface area contributed by atoms with Crippen LogP contribution in [0.4, 0.5) is 0 Å². The molecule has 0 radical (unpaired) electrons. The van der Waals surface area contributed by atoms with Crippen molar-refractivity contribution in [1.29, 1.82) is 0 Å². The van der Waals surface area contributed by atoms with Gasteiger partial charge >= 0.3 is 5.69 Å². The zero-order valence-electron chi connectivity index (χ0n) is 9.05. The Bertz CT molecular complexity index is 639. The zero-order chi connectivity index (χ0) is 13.1. The molecule has 94 valence electrons. The van der Waals surface area contributed by atoms with E-state index in [0.29, 0.717) is 0 Å². The maximum Gasteiger partial charge on any atom is 0.331 e. The maximum absolute atomic E-state index is 11.5. The van der Waals surface area contributed by atoms with Crippen LogP contribution in [0.15, 0.2) is 38.8 Å². The van der Waals surface area contributed by atoms with Gasteiger partial charge in [-0.3, -0.25) is 14.3 Å². The molecule has 0 aliphatic carbocycles. The van der Waals surface area contributed by atoms with Gasteiger partial charge in [-0.1, -0.05) is 5.11 Å². The van der Waals surface area contributed by atoms with Gasteiger partial charge in [-0.2, -0.15) is 0 Å². The third kappa shape index (κ3) is 2.26. The van der Waals surface area contributed by atoms with Crippen molar-refractivity contribution in [3.63, 3.8) is 0 Å². The summed E-state index contributed by atoms with van der Waals surface area (Å²) in [5, 5.41) is 13.0. The minimum atomic E-state index is -1.06. The first-order chi connectivity index (χ1) is 8.61. The zero-order valence-corrected chi connectivity index (χ0v) is 9.05. The molecular formula is C9H9N5O4. The van der Waals surface area contributed by atoms with Crippen molar-refractivity contribution in [3.05, 3.63) is 55.4 Å². The molecule has 1 aromatic rings. The van der Waals surface area contributed by atoms with Crippen LogP contribution in [-0.4, -0.2) is 27.3 Å². The molecule has 2 atom stereocenters. The Morgan fingerprint density at radius 3 is 3.06 bits per heavy atom. The van der Waals surface area contributed by atoms with Gasteiger partial charge in [0, 0.05) is 17.2 Å². The summed E-state index contributed by atoms with van der Waals surface area (Å²) in [6, 6.07) is 1.14. The Labute approximate surface area is 99.6 Å². The molecule has 0 spiro atoms. The molecule has 0 unspecified atom stereocenters. The lowest BCUT2D eigenvalue weighted by Gasteiger charge is -2.17. The summed E-state index contributed by atoms with van der Waals surface area (Å²) in [4.78, 5) is 27.0. The van der Waals surface area contributed by atoms with E-state index in [1.54, 1.807) is 0 Å². The fraction of sp³-hybridized carbons (Fsp3) is 0.333. The van der Waals surface area contributed by atoms with E-state index in [0.717, 1.165) is 10.6 Å². The highest BCUT2D eigenvalue weighted by Gasteiger charge is 2.29. The van der Waals surface area contributed by atoms with Gasteiger partial charge in [0.05, 0.1) is 6.54 Å². The van der Waals surface area contributed by atoms with E-state index in [1.807, 2.05) is 4.98 Å². The summed E-state index contributed by atoms with van der Waals surface area (Å²) >= 11 is 0. The highest BCUT2D eigenvalue weighted by atomic mass is 16.5. The van der Waals surface area contributed by atoms with Gasteiger partial charge in [0.25, 0.3) is 5.56 Å². The summed E-state index contributed by atoms with van der Waals surface area (Å²) < 4.78 is 6.32. The molecule has 2 heterocycles. The normalized spacial score (nSPS) is 21.9. The molecular weight excluding hydrogens is 242 g/mol. The Kier molecular flexibility index (Phi) is 3.18. The van der Waals surface area contributed by atoms with Crippen LogP contribution in [0.2, 0.25) is 0 Å². The van der Waals surface area contributed by atoms with Gasteiger partial charge < -0.3 is 9.84 Å². The molecule has 9 heteroatoms. The number of nitrogens with zero attached hydrogens (tertiary/aromatic N) is 4. The molecule has 1 aromatic heterocycles. The number of aliphatic hydroxyl groups excluding tert-OH is 1. The summed E-state index contributed by atoms with van der Waals surface area (Å²) in [5.74, 6) is 0.267. The monoisotopic (exact) mass is 251 g/mol. The molecule has 18 heavy (non-hydrogen) atoms. The first-order valence-electron chi connectivity index (χ1n) is 4.99. The fourth-order valence-electron chi connectivity index (χ4n) is 1.58. The van der Waals surface area contributed by atoms with Crippen LogP contribution < -0.4 is 11.2 Å². The molecule has 0 saturated heterocycles. The van der Waals surface area contributed by atoms with Gasteiger partial charge in [-0.15, -0.1) is 0 Å². The maximum atomic E-state index is 11.5. The number of nitrogens with one attached hydrogen (secondary N) is 1. The van der Waals surface area contributed by atoms with Crippen LogP contribution >= 0.6 is 0 Å². The largest absolute Gasteiger partial charge is 0.471 e. The second-order valence-corrected chi connectivity index (χ2v) is 3.54. The lowest BCUT2D eigenvalue weighted by atomic mass is 10.3. The van der Waals surface area contributed by atoms with E-state index in [1.165, 1.54) is 12.3 Å². The quantitative estimate of drug-likeness (QED) is 0.430. The van der Waals surface area contributed by atoms with Gasteiger partial charge in [0.1, 0.15) is 11.9 Å². The van der Waals surface area contributed by atoms with Crippen molar-refractivity contribution < 1.29 is 9.84 Å². The highest BCUT2D eigenvalue weighted by Crippen LogP contribution is 2.25. The van der Waals surface area contributed by atoms with Crippen molar-refractivity contribution >= 4 is 0 Å². The molecule has 0 aromatic carbocycles. The summed E-state index contributed by atoms with van der Waals surface area (Å²) in [7, 11) is 0. The average Bonchev–Trinajstić information content (AvgIpc) is 2.68. The van der Waals surface area contributed by atoms with Crippen molar-refractivity contribution in [1.82, 2.24) is 9.55 Å². The minimum absolute atomic E-state index is 0.0534. The molecule has 2 rings (SSSR count). The van der Waals surface area contributed by atoms with Gasteiger partial charge in [0.2, 0.25) is 6.23 Å². The summed E-state index contributed by atoms with van der Waals surface area (Å²) in [6.45, 7) is -0.0534. The smallest absolute Gasteiger partial charge is 0.331 e. The van der Waals surface area contributed by atoms with E-state index in [4.69, 9.17) is 10.3 Å². The Hall–Kier alpha value is -2.51. The Morgan fingerprint density at radius 1 is 1.61 bits per heavy atom. The van der Waals surface area contributed by atoms with Gasteiger partial charge in [0.15, 0.2) is 0 Å². The second-order valence-electron chi connectivity index (χ2n) is 3.54. The van der Waals surface area contributed by atoms with Crippen molar-refractivity contribution in [2.75, 3.05) is 6.54 Å². The molecule has 0 amide bonds. The molecule has 1 aliphatic rings. The number of azide groups is 1. The number of rotatable bonds is 3. The minimum Gasteiger partial charge on any atom is -0.471 e. The molecule has 1 aliphatic heterocycles. The number of hydrogen-bond donors (Lipinski definition) is 2. The number of aromatic nitrogens is 2. The standard InChI is InChI=1S/C9H9N5O4/c10-13-11-4-5-3-6(15)8(18-5)14-2-1-7(16)12-9(14)17/h1-3,6,8,15H,4H2,(H,12,16,17)/t6-,8+/m0/s1. The van der Waals surface area contributed by atoms with E-state index in [9.17, 15) is 14.7 Å². The third-order valence-electron chi connectivity index (χ3n) is 2.34. The first-order valence-corrected chi connectivity index (χ1v) is 4.99. The van der Waals surface area contributed by atoms with Crippen LogP contribution in [0, 0.1) is 0 Å². The van der Waals surface area contributed by atoms with Gasteiger partial charge in [-0.05, 0) is 11.6 Å². The number of aliphatic hydroxyl groups is 1. The van der Waals surface area contributed by atoms with Crippen molar-refractivity contribution in [3.8, 4) is 0 Å². The van der Waals surface area contributed by atoms with Gasteiger partial charge in [-0.25, -0.2) is 4.79 Å². The van der Waals surface area contributed by atoms with E-state index < -0.39 is 23.6 Å². The molecule has 0 fully saturated rings. The first kappa shape index (κ1) is 12.0.